The Hall–Kier alpha value is -1.79. The number of rotatable bonds is 3. The molecule has 2 aromatic rings. The minimum Gasteiger partial charge on any atom is -0.316 e. The van der Waals surface area contributed by atoms with Crippen LogP contribution < -0.4 is 10.7 Å². The Bertz CT molecular complexity index is 824. The van der Waals surface area contributed by atoms with Gasteiger partial charge in [-0.25, -0.2) is 5.43 Å². The van der Waals surface area contributed by atoms with E-state index in [-0.39, 0.29) is 15.7 Å². The predicted molar refractivity (Wildman–Crippen MR) is 97.3 cm³/mol. The van der Waals surface area contributed by atoms with Crippen molar-refractivity contribution in [1.29, 1.82) is 0 Å². The average molecular weight is 405 g/mol. The summed E-state index contributed by atoms with van der Waals surface area (Å²) in [6, 6.07) is 9.41. The van der Waals surface area contributed by atoms with Crippen molar-refractivity contribution in [2.45, 2.75) is 0 Å². The second-order valence-electron chi connectivity index (χ2n) is 4.42. The van der Waals surface area contributed by atoms with E-state index in [2.05, 4.69) is 15.8 Å². The molecule has 0 aromatic heterocycles. The lowest BCUT2D eigenvalue weighted by Gasteiger charge is -2.06. The summed E-state index contributed by atoms with van der Waals surface area (Å²) < 4.78 is 0. The fourth-order valence-electron chi connectivity index (χ4n) is 1.60. The van der Waals surface area contributed by atoms with E-state index in [1.165, 1.54) is 18.3 Å². The molecule has 0 saturated carbocycles. The molecule has 0 unspecified atom stereocenters. The predicted octanol–water partition coefficient (Wildman–Crippen LogP) is 4.39. The zero-order valence-electron chi connectivity index (χ0n) is 11.8. The number of nitrogens with zero attached hydrogens (tertiary/aromatic N) is 1. The summed E-state index contributed by atoms with van der Waals surface area (Å²) in [7, 11) is 0. The third-order valence-electron chi connectivity index (χ3n) is 2.73. The summed E-state index contributed by atoms with van der Waals surface area (Å²) in [6.07, 6.45) is 1.27. The largest absolute Gasteiger partial charge is 0.329 e. The minimum atomic E-state index is -0.986. The molecule has 0 heterocycles. The topological polar surface area (TPSA) is 70.6 Å². The van der Waals surface area contributed by atoms with Gasteiger partial charge in [0.05, 0.1) is 27.0 Å². The lowest BCUT2D eigenvalue weighted by atomic mass is 10.2. The number of halogens is 4. The molecule has 0 atom stereocenters. The van der Waals surface area contributed by atoms with Gasteiger partial charge in [-0.05, 0) is 24.3 Å². The zero-order valence-corrected chi connectivity index (χ0v) is 14.8. The van der Waals surface area contributed by atoms with E-state index in [4.69, 9.17) is 46.4 Å². The molecule has 2 N–H and O–H groups in total. The molecule has 2 aromatic carbocycles. The maximum Gasteiger partial charge on any atom is 0.329 e. The lowest BCUT2D eigenvalue weighted by Crippen LogP contribution is -2.32. The Labute approximate surface area is 157 Å². The van der Waals surface area contributed by atoms with Crippen molar-refractivity contribution in [1.82, 2.24) is 5.43 Å². The van der Waals surface area contributed by atoms with Crippen LogP contribution in [-0.4, -0.2) is 18.0 Å². The number of amides is 2. The Morgan fingerprint density at radius 2 is 1.71 bits per heavy atom. The van der Waals surface area contributed by atoms with Crippen molar-refractivity contribution in [2.24, 2.45) is 5.10 Å². The van der Waals surface area contributed by atoms with Crippen LogP contribution in [0.3, 0.4) is 0 Å². The van der Waals surface area contributed by atoms with Crippen LogP contribution in [-0.2, 0) is 9.59 Å². The standard InChI is InChI=1S/C15H9Cl4N3O2/c16-9-4-5-10(17)12(6-9)21-14(23)15(24)22-20-7-8-2-1-3-11(18)13(8)19/h1-7H,(H,21,23)(H,22,24)/b20-7+. The van der Waals surface area contributed by atoms with E-state index in [0.717, 1.165) is 0 Å². The third-order valence-corrected chi connectivity index (χ3v) is 4.13. The number of anilines is 1. The monoisotopic (exact) mass is 403 g/mol. The van der Waals surface area contributed by atoms with Crippen LogP contribution in [0.1, 0.15) is 5.56 Å². The van der Waals surface area contributed by atoms with Crippen LogP contribution in [0.4, 0.5) is 5.69 Å². The molecule has 0 aliphatic rings. The summed E-state index contributed by atoms with van der Waals surface area (Å²) in [6.45, 7) is 0. The summed E-state index contributed by atoms with van der Waals surface area (Å²) in [4.78, 5) is 23.5. The first kappa shape index (κ1) is 18.5. The van der Waals surface area contributed by atoms with E-state index in [1.807, 2.05) is 0 Å². The summed E-state index contributed by atoms with van der Waals surface area (Å²) in [5.41, 5.74) is 2.78. The molecule has 0 spiro atoms. The second-order valence-corrected chi connectivity index (χ2v) is 6.05. The van der Waals surface area contributed by atoms with Gasteiger partial charge in [0, 0.05) is 10.6 Å². The number of benzene rings is 2. The minimum absolute atomic E-state index is 0.214. The van der Waals surface area contributed by atoms with Gasteiger partial charge in [0.1, 0.15) is 0 Å². The van der Waals surface area contributed by atoms with E-state index in [1.54, 1.807) is 24.3 Å². The number of carbonyl (C=O) groups is 2. The molecule has 0 aliphatic carbocycles. The van der Waals surface area contributed by atoms with E-state index >= 15 is 0 Å². The van der Waals surface area contributed by atoms with Crippen LogP contribution >= 0.6 is 46.4 Å². The maximum absolute atomic E-state index is 11.8. The quantitative estimate of drug-likeness (QED) is 0.452. The van der Waals surface area contributed by atoms with E-state index < -0.39 is 11.8 Å². The van der Waals surface area contributed by atoms with Crippen molar-refractivity contribution < 1.29 is 9.59 Å². The van der Waals surface area contributed by atoms with Gasteiger partial charge >= 0.3 is 11.8 Å². The first-order valence-electron chi connectivity index (χ1n) is 6.42. The molecule has 2 amide bonds. The Morgan fingerprint density at radius 1 is 0.958 bits per heavy atom. The highest BCUT2D eigenvalue weighted by Gasteiger charge is 2.14. The smallest absolute Gasteiger partial charge is 0.316 e. The molecule has 0 radical (unpaired) electrons. The molecule has 0 aliphatic heterocycles. The number of hydrogen-bond donors (Lipinski definition) is 2. The Kier molecular flexibility index (Phi) is 6.45. The van der Waals surface area contributed by atoms with Gasteiger partial charge in [0.25, 0.3) is 0 Å². The number of hydrogen-bond acceptors (Lipinski definition) is 3. The number of nitrogens with one attached hydrogen (secondary N) is 2. The Morgan fingerprint density at radius 3 is 2.46 bits per heavy atom. The van der Waals surface area contributed by atoms with Crippen LogP contribution in [0, 0.1) is 0 Å². The molecule has 24 heavy (non-hydrogen) atoms. The highest BCUT2D eigenvalue weighted by molar-refractivity contribution is 6.43. The molecule has 0 saturated heterocycles. The second kappa shape index (κ2) is 8.35. The highest BCUT2D eigenvalue weighted by Crippen LogP contribution is 2.25. The van der Waals surface area contributed by atoms with E-state index in [0.29, 0.717) is 15.6 Å². The van der Waals surface area contributed by atoms with Crippen LogP contribution in [0.2, 0.25) is 20.1 Å². The normalized spacial score (nSPS) is 10.7. The zero-order chi connectivity index (χ0) is 17.7. The molecule has 2 rings (SSSR count). The third kappa shape index (κ3) is 4.85. The summed E-state index contributed by atoms with van der Waals surface area (Å²) in [5.74, 6) is -1.94. The molecule has 5 nitrogen and oxygen atoms in total. The van der Waals surface area contributed by atoms with Crippen molar-refractivity contribution in [2.75, 3.05) is 5.32 Å². The van der Waals surface area contributed by atoms with Crippen molar-refractivity contribution in [3.63, 3.8) is 0 Å². The van der Waals surface area contributed by atoms with Crippen LogP contribution in [0.25, 0.3) is 0 Å². The average Bonchev–Trinajstić information content (AvgIpc) is 2.54. The first-order valence-corrected chi connectivity index (χ1v) is 7.93. The highest BCUT2D eigenvalue weighted by atomic mass is 35.5. The van der Waals surface area contributed by atoms with Gasteiger partial charge in [-0.15, -0.1) is 0 Å². The molecular weight excluding hydrogens is 396 g/mol. The van der Waals surface area contributed by atoms with Crippen molar-refractivity contribution in [3.05, 3.63) is 62.1 Å². The summed E-state index contributed by atoms with van der Waals surface area (Å²) >= 11 is 23.5. The lowest BCUT2D eigenvalue weighted by molar-refractivity contribution is -0.136. The van der Waals surface area contributed by atoms with Gasteiger partial charge in [-0.1, -0.05) is 58.5 Å². The number of carbonyl (C=O) groups excluding carboxylic acids is 2. The fourth-order valence-corrected chi connectivity index (χ4v) is 2.30. The van der Waals surface area contributed by atoms with E-state index in [9.17, 15) is 9.59 Å². The number of hydrazone groups is 1. The molecule has 9 heteroatoms. The van der Waals surface area contributed by atoms with Gasteiger partial charge in [0.2, 0.25) is 0 Å². The maximum atomic E-state index is 11.8. The van der Waals surface area contributed by atoms with Crippen molar-refractivity contribution in [3.8, 4) is 0 Å². The van der Waals surface area contributed by atoms with Crippen LogP contribution in [0.5, 0.6) is 0 Å². The van der Waals surface area contributed by atoms with Gasteiger partial charge in [0.15, 0.2) is 0 Å². The van der Waals surface area contributed by atoms with Gasteiger partial charge < -0.3 is 5.32 Å². The Balaban J connectivity index is 1.99. The molecular formula is C15H9Cl4N3O2. The summed E-state index contributed by atoms with van der Waals surface area (Å²) in [5, 5.41) is 7.23. The van der Waals surface area contributed by atoms with Crippen molar-refractivity contribution >= 4 is 70.1 Å². The molecule has 0 fully saturated rings. The first-order chi connectivity index (χ1) is 11.4. The molecule has 124 valence electrons. The fraction of sp³-hybridized carbons (Fsp3) is 0. The van der Waals surface area contributed by atoms with Gasteiger partial charge in [-0.3, -0.25) is 9.59 Å². The van der Waals surface area contributed by atoms with Crippen LogP contribution in [0.15, 0.2) is 41.5 Å². The molecule has 0 bridgehead atoms. The SMILES string of the molecule is O=C(N/N=C/c1cccc(Cl)c1Cl)C(=O)Nc1cc(Cl)ccc1Cl. The van der Waals surface area contributed by atoms with Gasteiger partial charge in [-0.2, -0.15) is 5.10 Å².